The summed E-state index contributed by atoms with van der Waals surface area (Å²) in [5, 5.41) is 6.17. The van der Waals surface area contributed by atoms with Gasteiger partial charge in [0.25, 0.3) is 0 Å². The van der Waals surface area contributed by atoms with E-state index in [4.69, 9.17) is 0 Å². The number of carbonyl (C=O) groups is 1. The highest BCUT2D eigenvalue weighted by molar-refractivity contribution is 5.77. The molecular weight excluding hydrogens is 212 g/mol. The molecule has 0 radical (unpaired) electrons. The van der Waals surface area contributed by atoms with Crippen molar-refractivity contribution in [1.29, 1.82) is 0 Å². The predicted octanol–water partition coefficient (Wildman–Crippen LogP) is 2.46. The van der Waals surface area contributed by atoms with Crippen molar-refractivity contribution in [3.8, 4) is 0 Å². The molecule has 0 spiro atoms. The first kappa shape index (κ1) is 14.5. The lowest BCUT2D eigenvalue weighted by Gasteiger charge is -2.21. The molecule has 0 unspecified atom stereocenters. The lowest BCUT2D eigenvalue weighted by Crippen LogP contribution is -2.35. The number of hydrogen-bond donors (Lipinski definition) is 2. The van der Waals surface area contributed by atoms with Gasteiger partial charge in [-0.3, -0.25) is 4.79 Å². The molecule has 1 aliphatic carbocycles. The second-order valence-electron chi connectivity index (χ2n) is 5.17. The van der Waals surface area contributed by atoms with E-state index in [1.54, 1.807) is 0 Å². The minimum absolute atomic E-state index is 0.141. The Hall–Kier alpha value is -0.570. The van der Waals surface area contributed by atoms with Gasteiger partial charge in [0, 0.05) is 6.54 Å². The standard InChI is InChI=1S/C14H28N2O/c1-2-3-10-16-14(17)12-15-11-9-13-7-5-4-6-8-13/h13,15H,2-12H2,1H3,(H,16,17). The quantitative estimate of drug-likeness (QED) is 0.640. The van der Waals surface area contributed by atoms with Gasteiger partial charge in [-0.1, -0.05) is 45.4 Å². The van der Waals surface area contributed by atoms with E-state index >= 15 is 0 Å². The number of unbranched alkanes of at least 4 members (excludes halogenated alkanes) is 1. The summed E-state index contributed by atoms with van der Waals surface area (Å²) in [6, 6.07) is 0. The molecule has 0 saturated heterocycles. The molecule has 3 nitrogen and oxygen atoms in total. The Morgan fingerprint density at radius 2 is 1.94 bits per heavy atom. The Bertz CT molecular complexity index is 200. The maximum atomic E-state index is 11.4. The molecule has 2 N–H and O–H groups in total. The number of hydrogen-bond acceptors (Lipinski definition) is 2. The van der Waals surface area contributed by atoms with Crippen molar-refractivity contribution in [2.24, 2.45) is 5.92 Å². The third-order valence-electron chi connectivity index (χ3n) is 3.59. The Balaban J connectivity index is 1.90. The Morgan fingerprint density at radius 1 is 1.18 bits per heavy atom. The fourth-order valence-corrected chi connectivity index (χ4v) is 2.45. The summed E-state index contributed by atoms with van der Waals surface area (Å²) in [5.41, 5.74) is 0. The maximum absolute atomic E-state index is 11.4. The first-order chi connectivity index (χ1) is 8.33. The van der Waals surface area contributed by atoms with E-state index in [-0.39, 0.29) is 5.91 Å². The molecule has 0 aromatic heterocycles. The number of nitrogens with one attached hydrogen (secondary N) is 2. The van der Waals surface area contributed by atoms with Crippen molar-refractivity contribution in [2.75, 3.05) is 19.6 Å². The van der Waals surface area contributed by atoms with Crippen LogP contribution < -0.4 is 10.6 Å². The number of rotatable bonds is 8. The lowest BCUT2D eigenvalue weighted by atomic mass is 9.87. The molecule has 1 fully saturated rings. The zero-order valence-corrected chi connectivity index (χ0v) is 11.3. The molecule has 0 heterocycles. The summed E-state index contributed by atoms with van der Waals surface area (Å²) in [7, 11) is 0. The van der Waals surface area contributed by atoms with E-state index in [1.807, 2.05) is 0 Å². The predicted molar refractivity (Wildman–Crippen MR) is 72.0 cm³/mol. The highest BCUT2D eigenvalue weighted by Crippen LogP contribution is 2.25. The van der Waals surface area contributed by atoms with E-state index in [2.05, 4.69) is 17.6 Å². The van der Waals surface area contributed by atoms with E-state index in [1.165, 1.54) is 38.5 Å². The van der Waals surface area contributed by atoms with Gasteiger partial charge in [-0.25, -0.2) is 0 Å². The third-order valence-corrected chi connectivity index (χ3v) is 3.59. The van der Waals surface area contributed by atoms with Crippen molar-refractivity contribution >= 4 is 5.91 Å². The molecule has 1 aliphatic rings. The highest BCUT2D eigenvalue weighted by Gasteiger charge is 2.12. The van der Waals surface area contributed by atoms with Crippen molar-refractivity contribution in [3.05, 3.63) is 0 Å². The average Bonchev–Trinajstić information content (AvgIpc) is 2.36. The second kappa shape index (κ2) is 9.46. The summed E-state index contributed by atoms with van der Waals surface area (Å²) < 4.78 is 0. The number of amides is 1. The van der Waals surface area contributed by atoms with Crippen LogP contribution in [0.15, 0.2) is 0 Å². The minimum atomic E-state index is 0.141. The lowest BCUT2D eigenvalue weighted by molar-refractivity contribution is -0.120. The van der Waals surface area contributed by atoms with Crippen molar-refractivity contribution in [3.63, 3.8) is 0 Å². The molecule has 1 saturated carbocycles. The topological polar surface area (TPSA) is 41.1 Å². The Morgan fingerprint density at radius 3 is 2.65 bits per heavy atom. The minimum Gasteiger partial charge on any atom is -0.355 e. The first-order valence-electron chi connectivity index (χ1n) is 7.30. The smallest absolute Gasteiger partial charge is 0.233 e. The van der Waals surface area contributed by atoms with Crippen LogP contribution in [-0.4, -0.2) is 25.5 Å². The van der Waals surface area contributed by atoms with Crippen LogP contribution >= 0.6 is 0 Å². The molecule has 0 atom stereocenters. The molecular formula is C14H28N2O. The summed E-state index contributed by atoms with van der Waals surface area (Å²) in [6.45, 7) is 4.43. The molecule has 100 valence electrons. The molecule has 17 heavy (non-hydrogen) atoms. The van der Waals surface area contributed by atoms with E-state index in [9.17, 15) is 4.79 Å². The SMILES string of the molecule is CCCCNC(=O)CNCCC1CCCCC1. The van der Waals surface area contributed by atoms with Gasteiger partial charge in [-0.2, -0.15) is 0 Å². The molecule has 0 bridgehead atoms. The zero-order chi connectivity index (χ0) is 12.3. The van der Waals surface area contributed by atoms with Crippen LogP contribution in [0, 0.1) is 5.92 Å². The van der Waals surface area contributed by atoms with Crippen LogP contribution in [0.2, 0.25) is 0 Å². The Kier molecular flexibility index (Phi) is 8.06. The summed E-state index contributed by atoms with van der Waals surface area (Å²) in [4.78, 5) is 11.4. The van der Waals surface area contributed by atoms with Gasteiger partial charge in [-0.15, -0.1) is 0 Å². The van der Waals surface area contributed by atoms with Crippen LogP contribution in [0.25, 0.3) is 0 Å². The maximum Gasteiger partial charge on any atom is 0.233 e. The Labute approximate surface area is 106 Å². The van der Waals surface area contributed by atoms with Crippen LogP contribution in [0.4, 0.5) is 0 Å². The molecule has 3 heteroatoms. The van der Waals surface area contributed by atoms with Crippen molar-refractivity contribution in [1.82, 2.24) is 10.6 Å². The van der Waals surface area contributed by atoms with Crippen molar-refractivity contribution < 1.29 is 4.79 Å². The van der Waals surface area contributed by atoms with Gasteiger partial charge in [0.2, 0.25) is 5.91 Å². The van der Waals surface area contributed by atoms with Crippen LogP contribution in [0.3, 0.4) is 0 Å². The molecule has 0 aromatic rings. The molecule has 1 rings (SSSR count). The van der Waals surface area contributed by atoms with Gasteiger partial charge < -0.3 is 10.6 Å². The fourth-order valence-electron chi connectivity index (χ4n) is 2.45. The highest BCUT2D eigenvalue weighted by atomic mass is 16.1. The fraction of sp³-hybridized carbons (Fsp3) is 0.929. The first-order valence-corrected chi connectivity index (χ1v) is 7.30. The van der Waals surface area contributed by atoms with Crippen LogP contribution in [0.1, 0.15) is 58.3 Å². The summed E-state index contributed by atoms with van der Waals surface area (Å²) in [6.07, 6.45) is 10.5. The third kappa shape index (κ3) is 7.37. The van der Waals surface area contributed by atoms with Gasteiger partial charge in [0.1, 0.15) is 0 Å². The van der Waals surface area contributed by atoms with E-state index in [0.717, 1.165) is 31.8 Å². The van der Waals surface area contributed by atoms with Crippen LogP contribution in [-0.2, 0) is 4.79 Å². The zero-order valence-electron chi connectivity index (χ0n) is 11.3. The molecule has 0 aromatic carbocycles. The van der Waals surface area contributed by atoms with Crippen LogP contribution in [0.5, 0.6) is 0 Å². The van der Waals surface area contributed by atoms with E-state index in [0.29, 0.717) is 6.54 Å². The normalized spacial score (nSPS) is 17.0. The molecule has 0 aliphatic heterocycles. The average molecular weight is 240 g/mol. The molecule has 1 amide bonds. The van der Waals surface area contributed by atoms with Gasteiger partial charge >= 0.3 is 0 Å². The summed E-state index contributed by atoms with van der Waals surface area (Å²) in [5.74, 6) is 1.04. The number of carbonyl (C=O) groups excluding carboxylic acids is 1. The second-order valence-corrected chi connectivity index (χ2v) is 5.17. The largest absolute Gasteiger partial charge is 0.355 e. The monoisotopic (exact) mass is 240 g/mol. The summed E-state index contributed by atoms with van der Waals surface area (Å²) >= 11 is 0. The van der Waals surface area contributed by atoms with E-state index < -0.39 is 0 Å². The van der Waals surface area contributed by atoms with Crippen molar-refractivity contribution in [2.45, 2.75) is 58.3 Å². The van der Waals surface area contributed by atoms with Gasteiger partial charge in [-0.05, 0) is 25.3 Å². The van der Waals surface area contributed by atoms with Gasteiger partial charge in [0.15, 0.2) is 0 Å². The van der Waals surface area contributed by atoms with Gasteiger partial charge in [0.05, 0.1) is 6.54 Å².